The van der Waals surface area contributed by atoms with Crippen molar-refractivity contribution in [2.75, 3.05) is 12.4 Å². The van der Waals surface area contributed by atoms with Crippen LogP contribution in [0.1, 0.15) is 20.3 Å². The van der Waals surface area contributed by atoms with Gasteiger partial charge in [0.2, 0.25) is 0 Å². The molecule has 1 aromatic rings. The molecular formula is C12H19BO3S. The Morgan fingerprint density at radius 2 is 2.18 bits per heavy atom. The maximum atomic E-state index is 9.02. The van der Waals surface area contributed by atoms with E-state index >= 15 is 0 Å². The summed E-state index contributed by atoms with van der Waals surface area (Å²) in [4.78, 5) is 0. The molecule has 0 saturated heterocycles. The summed E-state index contributed by atoms with van der Waals surface area (Å²) >= 11 is 1.88. The van der Waals surface area contributed by atoms with Gasteiger partial charge in [0.15, 0.2) is 0 Å². The lowest BCUT2D eigenvalue weighted by Gasteiger charge is -2.10. The standard InChI is InChI=1S/C12H19BO3S/c1-3-10(2)17-8-7-16-12-6-4-5-11(9-12)13(14)15/h4-6,9-10,14-15H,3,7-8H2,1-2H3. The SMILES string of the molecule is CCC(C)SCCOc1cccc(B(O)O)c1. The molecule has 1 rings (SSSR count). The van der Waals surface area contributed by atoms with E-state index in [1.807, 2.05) is 17.8 Å². The highest BCUT2D eigenvalue weighted by Gasteiger charge is 2.10. The Balaban J connectivity index is 2.34. The Morgan fingerprint density at radius 3 is 2.82 bits per heavy atom. The Hall–Kier alpha value is -0.645. The van der Waals surface area contributed by atoms with Crippen molar-refractivity contribution in [3.8, 4) is 5.75 Å². The first-order valence-corrected chi connectivity index (χ1v) is 6.89. The van der Waals surface area contributed by atoms with Gasteiger partial charge in [-0.25, -0.2) is 0 Å². The molecule has 0 heterocycles. The van der Waals surface area contributed by atoms with Crippen LogP contribution in [0.15, 0.2) is 24.3 Å². The molecule has 0 bridgehead atoms. The Bertz CT molecular complexity index is 333. The molecule has 0 saturated carbocycles. The van der Waals surface area contributed by atoms with E-state index in [9.17, 15) is 0 Å². The van der Waals surface area contributed by atoms with Crippen molar-refractivity contribution in [3.05, 3.63) is 24.3 Å². The van der Waals surface area contributed by atoms with Gasteiger partial charge in [0.05, 0.1) is 6.61 Å². The number of rotatable bonds is 7. The molecular weight excluding hydrogens is 235 g/mol. The van der Waals surface area contributed by atoms with Crippen LogP contribution in [-0.4, -0.2) is 34.8 Å². The zero-order valence-corrected chi connectivity index (χ0v) is 11.1. The van der Waals surface area contributed by atoms with Gasteiger partial charge in [-0.15, -0.1) is 0 Å². The molecule has 0 aliphatic heterocycles. The molecule has 1 unspecified atom stereocenters. The molecule has 1 aromatic carbocycles. The Morgan fingerprint density at radius 1 is 1.41 bits per heavy atom. The second kappa shape index (κ2) is 7.64. The van der Waals surface area contributed by atoms with Crippen LogP contribution >= 0.6 is 11.8 Å². The van der Waals surface area contributed by atoms with Crippen molar-refractivity contribution in [2.24, 2.45) is 0 Å². The van der Waals surface area contributed by atoms with Gasteiger partial charge in [-0.05, 0) is 24.0 Å². The van der Waals surface area contributed by atoms with Gasteiger partial charge < -0.3 is 14.8 Å². The number of hydrogen-bond acceptors (Lipinski definition) is 4. The molecule has 5 heteroatoms. The zero-order valence-electron chi connectivity index (χ0n) is 10.3. The summed E-state index contributed by atoms with van der Waals surface area (Å²) in [6.45, 7) is 5.01. The van der Waals surface area contributed by atoms with Crippen molar-refractivity contribution in [1.82, 2.24) is 0 Å². The average molecular weight is 254 g/mol. The molecule has 0 spiro atoms. The predicted molar refractivity (Wildman–Crippen MR) is 74.0 cm³/mol. The van der Waals surface area contributed by atoms with Gasteiger partial charge in [0.25, 0.3) is 0 Å². The Kier molecular flexibility index (Phi) is 6.48. The minimum absolute atomic E-state index is 0.456. The smallest absolute Gasteiger partial charge is 0.488 e. The van der Waals surface area contributed by atoms with Crippen LogP contribution in [0.3, 0.4) is 0 Å². The Labute approximate surface area is 107 Å². The van der Waals surface area contributed by atoms with E-state index in [0.29, 0.717) is 23.1 Å². The van der Waals surface area contributed by atoms with Crippen LogP contribution in [0.4, 0.5) is 0 Å². The topological polar surface area (TPSA) is 49.7 Å². The molecule has 3 nitrogen and oxygen atoms in total. The fourth-order valence-electron chi connectivity index (χ4n) is 1.29. The first-order valence-electron chi connectivity index (χ1n) is 5.84. The van der Waals surface area contributed by atoms with Gasteiger partial charge >= 0.3 is 7.12 Å². The summed E-state index contributed by atoms with van der Waals surface area (Å²) in [5, 5.41) is 18.7. The van der Waals surface area contributed by atoms with E-state index < -0.39 is 7.12 Å². The molecule has 0 amide bonds. The second-order valence-electron chi connectivity index (χ2n) is 3.88. The summed E-state index contributed by atoms with van der Waals surface area (Å²) in [6.07, 6.45) is 1.16. The number of ether oxygens (including phenoxy) is 1. The van der Waals surface area contributed by atoms with E-state index in [0.717, 1.165) is 12.2 Å². The van der Waals surface area contributed by atoms with Crippen LogP contribution < -0.4 is 10.2 Å². The molecule has 0 aromatic heterocycles. The molecule has 94 valence electrons. The maximum Gasteiger partial charge on any atom is 0.488 e. The summed E-state index contributed by atoms with van der Waals surface area (Å²) < 4.78 is 5.55. The van der Waals surface area contributed by atoms with Crippen molar-refractivity contribution < 1.29 is 14.8 Å². The lowest BCUT2D eigenvalue weighted by Crippen LogP contribution is -2.29. The maximum absolute atomic E-state index is 9.02. The van der Waals surface area contributed by atoms with E-state index in [1.165, 1.54) is 0 Å². The van der Waals surface area contributed by atoms with Gasteiger partial charge in [-0.3, -0.25) is 0 Å². The highest BCUT2D eigenvalue weighted by Crippen LogP contribution is 2.14. The van der Waals surface area contributed by atoms with Crippen molar-refractivity contribution >= 4 is 24.3 Å². The first kappa shape index (κ1) is 14.4. The second-order valence-corrected chi connectivity index (χ2v) is 5.43. The van der Waals surface area contributed by atoms with Crippen LogP contribution in [0.25, 0.3) is 0 Å². The molecule has 17 heavy (non-hydrogen) atoms. The van der Waals surface area contributed by atoms with E-state index in [2.05, 4.69) is 13.8 Å². The zero-order chi connectivity index (χ0) is 12.7. The molecule has 2 N–H and O–H groups in total. The first-order chi connectivity index (χ1) is 8.13. The molecule has 0 fully saturated rings. The van der Waals surface area contributed by atoms with E-state index in [4.69, 9.17) is 14.8 Å². The van der Waals surface area contributed by atoms with Gasteiger partial charge in [-0.2, -0.15) is 11.8 Å². The summed E-state index contributed by atoms with van der Waals surface area (Å²) in [7, 11) is -1.44. The third kappa shape index (κ3) is 5.48. The van der Waals surface area contributed by atoms with E-state index in [1.54, 1.807) is 18.2 Å². The van der Waals surface area contributed by atoms with Gasteiger partial charge in [-0.1, -0.05) is 26.0 Å². The van der Waals surface area contributed by atoms with Crippen LogP contribution in [-0.2, 0) is 0 Å². The highest BCUT2D eigenvalue weighted by atomic mass is 32.2. The monoisotopic (exact) mass is 254 g/mol. The van der Waals surface area contributed by atoms with Crippen LogP contribution in [0.2, 0.25) is 0 Å². The molecule has 0 radical (unpaired) electrons. The predicted octanol–water partition coefficient (Wildman–Crippen LogP) is 1.28. The van der Waals surface area contributed by atoms with Crippen molar-refractivity contribution in [2.45, 2.75) is 25.5 Å². The average Bonchev–Trinajstić information content (AvgIpc) is 2.34. The van der Waals surface area contributed by atoms with Gasteiger partial charge in [0.1, 0.15) is 5.75 Å². The lowest BCUT2D eigenvalue weighted by atomic mass is 9.80. The summed E-state index contributed by atoms with van der Waals surface area (Å²) in [5.41, 5.74) is 0.456. The number of thioether (sulfide) groups is 1. The van der Waals surface area contributed by atoms with Gasteiger partial charge in [0, 0.05) is 11.0 Å². The molecule has 1 atom stereocenters. The van der Waals surface area contributed by atoms with E-state index in [-0.39, 0.29) is 0 Å². The highest BCUT2D eigenvalue weighted by molar-refractivity contribution is 7.99. The van der Waals surface area contributed by atoms with Crippen molar-refractivity contribution in [1.29, 1.82) is 0 Å². The normalized spacial score (nSPS) is 12.2. The number of benzene rings is 1. The largest absolute Gasteiger partial charge is 0.493 e. The lowest BCUT2D eigenvalue weighted by molar-refractivity contribution is 0.343. The fraction of sp³-hybridized carbons (Fsp3) is 0.500. The molecule has 0 aliphatic carbocycles. The molecule has 0 aliphatic rings. The summed E-state index contributed by atoms with van der Waals surface area (Å²) in [6, 6.07) is 6.88. The van der Waals surface area contributed by atoms with Crippen LogP contribution in [0.5, 0.6) is 5.75 Å². The van der Waals surface area contributed by atoms with Crippen LogP contribution in [0, 0.1) is 0 Å². The summed E-state index contributed by atoms with van der Waals surface area (Å²) in [5.74, 6) is 1.63. The third-order valence-corrected chi connectivity index (χ3v) is 3.79. The van der Waals surface area contributed by atoms with Crippen molar-refractivity contribution in [3.63, 3.8) is 0 Å². The third-order valence-electron chi connectivity index (χ3n) is 2.49. The minimum Gasteiger partial charge on any atom is -0.493 e. The quantitative estimate of drug-likeness (QED) is 0.568. The fourth-order valence-corrected chi connectivity index (χ4v) is 2.11. The number of hydrogen-bond donors (Lipinski definition) is 2. The minimum atomic E-state index is -1.44.